The van der Waals surface area contributed by atoms with Crippen LogP contribution in [0.15, 0.2) is 27.8 Å². The molecule has 2 N–H and O–H groups in total. The smallest absolute Gasteiger partial charge is 0.191 e. The molecule has 0 amide bonds. The van der Waals surface area contributed by atoms with Crippen LogP contribution in [0.2, 0.25) is 0 Å². The van der Waals surface area contributed by atoms with Crippen LogP contribution in [-0.2, 0) is 11.3 Å². The molecule has 6 heteroatoms. The summed E-state index contributed by atoms with van der Waals surface area (Å²) < 4.78 is 10.3. The van der Waals surface area contributed by atoms with Gasteiger partial charge in [0.15, 0.2) is 5.96 Å². The summed E-state index contributed by atoms with van der Waals surface area (Å²) in [6.07, 6.45) is 1.66. The van der Waals surface area contributed by atoms with Crippen LogP contribution in [0.4, 0.5) is 0 Å². The fourth-order valence-corrected chi connectivity index (χ4v) is 1.63. The van der Waals surface area contributed by atoms with Crippen molar-refractivity contribution in [1.82, 2.24) is 15.5 Å². The summed E-state index contributed by atoms with van der Waals surface area (Å²) in [6, 6.07) is 3.79. The third-order valence-electron chi connectivity index (χ3n) is 2.78. The molecular formula is C14H26N4O2. The molecule has 1 aromatic rings. The molecule has 1 rings (SSSR count). The molecule has 0 aliphatic heterocycles. The summed E-state index contributed by atoms with van der Waals surface area (Å²) in [5.74, 6) is 1.67. The van der Waals surface area contributed by atoms with E-state index in [1.54, 1.807) is 13.4 Å². The van der Waals surface area contributed by atoms with E-state index < -0.39 is 0 Å². The third kappa shape index (κ3) is 7.16. The van der Waals surface area contributed by atoms with Crippen molar-refractivity contribution in [2.75, 3.05) is 46.9 Å². The number of methoxy groups -OCH3 is 1. The number of hydrogen-bond donors (Lipinski definition) is 2. The Balaban J connectivity index is 2.29. The van der Waals surface area contributed by atoms with Gasteiger partial charge in [0.1, 0.15) is 12.3 Å². The molecule has 0 aliphatic carbocycles. The molecule has 0 radical (unpaired) electrons. The summed E-state index contributed by atoms with van der Waals surface area (Å²) in [5.41, 5.74) is 0. The van der Waals surface area contributed by atoms with Crippen molar-refractivity contribution in [3.8, 4) is 0 Å². The van der Waals surface area contributed by atoms with Gasteiger partial charge in [-0.3, -0.25) is 0 Å². The van der Waals surface area contributed by atoms with Crippen LogP contribution in [0.25, 0.3) is 0 Å². The molecule has 0 unspecified atom stereocenters. The topological polar surface area (TPSA) is 62.0 Å². The maximum atomic E-state index is 5.26. The highest BCUT2D eigenvalue weighted by molar-refractivity contribution is 5.79. The Hall–Kier alpha value is -1.53. The molecule has 1 heterocycles. The van der Waals surface area contributed by atoms with Crippen molar-refractivity contribution in [2.24, 2.45) is 4.99 Å². The summed E-state index contributed by atoms with van der Waals surface area (Å²) in [7, 11) is 3.80. The number of furan rings is 1. The summed E-state index contributed by atoms with van der Waals surface area (Å²) in [4.78, 5) is 6.69. The van der Waals surface area contributed by atoms with Crippen LogP contribution in [-0.4, -0.2) is 57.8 Å². The molecular weight excluding hydrogens is 256 g/mol. The Morgan fingerprint density at radius 2 is 2.25 bits per heavy atom. The number of nitrogens with zero attached hydrogens (tertiary/aromatic N) is 2. The van der Waals surface area contributed by atoms with Gasteiger partial charge in [0.2, 0.25) is 0 Å². The van der Waals surface area contributed by atoms with Gasteiger partial charge in [0, 0.05) is 33.3 Å². The number of guanidine groups is 1. The Kier molecular flexibility index (Phi) is 8.49. The highest BCUT2D eigenvalue weighted by Crippen LogP contribution is 2.00. The van der Waals surface area contributed by atoms with Gasteiger partial charge in [-0.25, -0.2) is 4.99 Å². The summed E-state index contributed by atoms with van der Waals surface area (Å²) in [5, 5.41) is 6.52. The van der Waals surface area contributed by atoms with Crippen LogP contribution in [0.3, 0.4) is 0 Å². The van der Waals surface area contributed by atoms with Gasteiger partial charge in [0.05, 0.1) is 12.9 Å². The van der Waals surface area contributed by atoms with Crippen LogP contribution in [0.5, 0.6) is 0 Å². The lowest BCUT2D eigenvalue weighted by atomic mass is 10.4. The van der Waals surface area contributed by atoms with Gasteiger partial charge in [-0.15, -0.1) is 0 Å². The van der Waals surface area contributed by atoms with Crippen molar-refractivity contribution in [1.29, 1.82) is 0 Å². The molecule has 6 nitrogen and oxygen atoms in total. The van der Waals surface area contributed by atoms with E-state index in [-0.39, 0.29) is 0 Å². The van der Waals surface area contributed by atoms with Crippen LogP contribution >= 0.6 is 0 Å². The minimum Gasteiger partial charge on any atom is -0.467 e. The van der Waals surface area contributed by atoms with Crippen molar-refractivity contribution >= 4 is 5.96 Å². The predicted octanol–water partition coefficient (Wildman–Crippen LogP) is 0.913. The molecule has 0 bridgehead atoms. The fraction of sp³-hybridized carbons (Fsp3) is 0.643. The molecule has 114 valence electrons. The number of likely N-dealkylation sites (N-methyl/N-ethyl adjacent to an activating group) is 1. The van der Waals surface area contributed by atoms with Gasteiger partial charge >= 0.3 is 0 Å². The largest absolute Gasteiger partial charge is 0.467 e. The summed E-state index contributed by atoms with van der Waals surface area (Å²) >= 11 is 0. The number of aliphatic imine (C=N–C) groups is 1. The zero-order valence-electron chi connectivity index (χ0n) is 12.7. The Labute approximate surface area is 121 Å². The number of nitrogens with one attached hydrogen (secondary N) is 2. The van der Waals surface area contributed by atoms with Gasteiger partial charge in [-0.1, -0.05) is 0 Å². The third-order valence-corrected chi connectivity index (χ3v) is 2.78. The molecule has 0 saturated heterocycles. The quantitative estimate of drug-likeness (QED) is 0.521. The predicted molar refractivity (Wildman–Crippen MR) is 80.9 cm³/mol. The van der Waals surface area contributed by atoms with Crippen molar-refractivity contribution in [2.45, 2.75) is 13.5 Å². The van der Waals surface area contributed by atoms with E-state index in [1.165, 1.54) is 0 Å². The minimum atomic E-state index is 0.543. The second kappa shape index (κ2) is 10.3. The van der Waals surface area contributed by atoms with Crippen molar-refractivity contribution in [3.63, 3.8) is 0 Å². The average molecular weight is 282 g/mol. The van der Waals surface area contributed by atoms with E-state index in [4.69, 9.17) is 9.15 Å². The maximum absolute atomic E-state index is 5.26. The summed E-state index contributed by atoms with van der Waals surface area (Å²) in [6.45, 7) is 6.89. The maximum Gasteiger partial charge on any atom is 0.191 e. The second-order valence-electron chi connectivity index (χ2n) is 4.50. The van der Waals surface area contributed by atoms with Crippen LogP contribution < -0.4 is 10.6 Å². The monoisotopic (exact) mass is 282 g/mol. The normalized spacial score (nSPS) is 11.9. The first kappa shape index (κ1) is 16.5. The molecule has 0 fully saturated rings. The highest BCUT2D eigenvalue weighted by Gasteiger charge is 2.01. The highest BCUT2D eigenvalue weighted by atomic mass is 16.5. The van der Waals surface area contributed by atoms with Crippen molar-refractivity contribution < 1.29 is 9.15 Å². The van der Waals surface area contributed by atoms with Crippen molar-refractivity contribution in [3.05, 3.63) is 24.2 Å². The first-order chi connectivity index (χ1) is 9.76. The Morgan fingerprint density at radius 3 is 2.90 bits per heavy atom. The lowest BCUT2D eigenvalue weighted by Crippen LogP contribution is -2.41. The molecule has 0 aromatic carbocycles. The fourth-order valence-electron chi connectivity index (χ4n) is 1.63. The lowest BCUT2D eigenvalue weighted by Gasteiger charge is -2.17. The van der Waals surface area contributed by atoms with E-state index in [2.05, 4.69) is 34.5 Å². The zero-order chi connectivity index (χ0) is 14.6. The van der Waals surface area contributed by atoms with Crippen LogP contribution in [0, 0.1) is 0 Å². The molecule has 20 heavy (non-hydrogen) atoms. The van der Waals surface area contributed by atoms with Gasteiger partial charge in [-0.2, -0.15) is 0 Å². The van der Waals surface area contributed by atoms with Crippen LogP contribution in [0.1, 0.15) is 12.7 Å². The number of rotatable bonds is 9. The molecule has 0 aliphatic rings. The van der Waals surface area contributed by atoms with E-state index in [1.807, 2.05) is 12.1 Å². The lowest BCUT2D eigenvalue weighted by molar-refractivity contribution is 0.162. The molecule has 0 spiro atoms. The standard InChI is InChI=1S/C14H26N4O2/c1-4-15-14(17-12-13-6-5-10-20-13)16-7-8-18(2)9-11-19-3/h5-6,10H,4,7-9,11-12H2,1-3H3,(H2,15,16,17). The van der Waals surface area contributed by atoms with Gasteiger partial charge < -0.3 is 24.7 Å². The zero-order valence-corrected chi connectivity index (χ0v) is 12.7. The van der Waals surface area contributed by atoms with Gasteiger partial charge in [0.25, 0.3) is 0 Å². The second-order valence-corrected chi connectivity index (χ2v) is 4.50. The van der Waals surface area contributed by atoms with E-state index in [0.717, 1.165) is 44.5 Å². The van der Waals surface area contributed by atoms with E-state index in [0.29, 0.717) is 6.54 Å². The van der Waals surface area contributed by atoms with Gasteiger partial charge in [-0.05, 0) is 26.1 Å². The Morgan fingerprint density at radius 1 is 1.40 bits per heavy atom. The van der Waals surface area contributed by atoms with E-state index >= 15 is 0 Å². The first-order valence-corrected chi connectivity index (χ1v) is 6.98. The molecule has 0 saturated carbocycles. The van der Waals surface area contributed by atoms with E-state index in [9.17, 15) is 0 Å². The average Bonchev–Trinajstić information content (AvgIpc) is 2.95. The number of hydrogen-bond acceptors (Lipinski definition) is 4. The SMILES string of the molecule is CCNC(=NCc1ccco1)NCCN(C)CCOC. The first-order valence-electron chi connectivity index (χ1n) is 6.98. The molecule has 1 aromatic heterocycles. The molecule has 0 atom stereocenters. The Bertz CT molecular complexity index is 365. The minimum absolute atomic E-state index is 0.543. The number of ether oxygens (including phenoxy) is 1.